The summed E-state index contributed by atoms with van der Waals surface area (Å²) in [6.07, 6.45) is 3.32. The second kappa shape index (κ2) is 8.07. The third kappa shape index (κ3) is 5.68. The van der Waals surface area contributed by atoms with E-state index in [9.17, 15) is 4.39 Å². The summed E-state index contributed by atoms with van der Waals surface area (Å²) < 4.78 is 18.5. The van der Waals surface area contributed by atoms with Crippen molar-refractivity contribution in [3.63, 3.8) is 0 Å². The lowest BCUT2D eigenvalue weighted by molar-refractivity contribution is 0.301. The van der Waals surface area contributed by atoms with Crippen LogP contribution in [-0.2, 0) is 0 Å². The molecule has 0 unspecified atom stereocenters. The summed E-state index contributed by atoms with van der Waals surface area (Å²) >= 11 is 0. The first-order valence-electron chi connectivity index (χ1n) is 6.33. The molecule has 3 heteroatoms. The monoisotopic (exact) mass is 239 g/mol. The van der Waals surface area contributed by atoms with Crippen LogP contribution in [0.2, 0.25) is 0 Å². The summed E-state index contributed by atoms with van der Waals surface area (Å²) in [4.78, 5) is 0. The number of ether oxygens (including phenoxy) is 1. The fourth-order valence-corrected chi connectivity index (χ4v) is 1.62. The molecule has 1 aromatic carbocycles. The van der Waals surface area contributed by atoms with Crippen LogP contribution in [0, 0.1) is 12.7 Å². The highest BCUT2D eigenvalue weighted by Gasteiger charge is 2.00. The van der Waals surface area contributed by atoms with E-state index >= 15 is 0 Å². The standard InChI is InChI=1S/C14H22FNO/c1-3-16-9-5-4-6-10-17-14-11-13(15)8-7-12(14)2/h7-8,11,16H,3-6,9-10H2,1-2H3. The minimum Gasteiger partial charge on any atom is -0.493 e. The van der Waals surface area contributed by atoms with Gasteiger partial charge in [0.25, 0.3) is 0 Å². The van der Waals surface area contributed by atoms with Crippen LogP contribution in [0.5, 0.6) is 5.75 Å². The van der Waals surface area contributed by atoms with Crippen molar-refractivity contribution in [2.45, 2.75) is 33.1 Å². The molecule has 0 fully saturated rings. The Morgan fingerprint density at radius 3 is 2.82 bits per heavy atom. The van der Waals surface area contributed by atoms with Crippen LogP contribution in [0.3, 0.4) is 0 Å². The van der Waals surface area contributed by atoms with Crippen molar-refractivity contribution in [2.24, 2.45) is 0 Å². The average molecular weight is 239 g/mol. The number of hydrogen-bond acceptors (Lipinski definition) is 2. The molecule has 1 N–H and O–H groups in total. The zero-order valence-corrected chi connectivity index (χ0v) is 10.8. The topological polar surface area (TPSA) is 21.3 Å². The number of rotatable bonds is 8. The predicted octanol–water partition coefficient (Wildman–Crippen LogP) is 3.29. The van der Waals surface area contributed by atoms with Gasteiger partial charge in [0.15, 0.2) is 0 Å². The Kier molecular flexibility index (Phi) is 6.63. The van der Waals surface area contributed by atoms with E-state index in [-0.39, 0.29) is 5.82 Å². The molecule has 0 heterocycles. The summed E-state index contributed by atoms with van der Waals surface area (Å²) in [6, 6.07) is 4.66. The molecule has 0 saturated carbocycles. The van der Waals surface area contributed by atoms with Crippen LogP contribution in [0.4, 0.5) is 4.39 Å². The van der Waals surface area contributed by atoms with E-state index in [2.05, 4.69) is 12.2 Å². The summed E-state index contributed by atoms with van der Waals surface area (Å²) in [5.41, 5.74) is 0.985. The third-order valence-electron chi connectivity index (χ3n) is 2.66. The van der Waals surface area contributed by atoms with E-state index in [1.165, 1.54) is 18.6 Å². The number of halogens is 1. The van der Waals surface area contributed by atoms with Crippen LogP contribution >= 0.6 is 0 Å². The van der Waals surface area contributed by atoms with Gasteiger partial charge in [-0.25, -0.2) is 4.39 Å². The van der Waals surface area contributed by atoms with Gasteiger partial charge in [-0.3, -0.25) is 0 Å². The van der Waals surface area contributed by atoms with Crippen molar-refractivity contribution >= 4 is 0 Å². The Hall–Kier alpha value is -1.09. The average Bonchev–Trinajstić information content (AvgIpc) is 2.32. The van der Waals surface area contributed by atoms with Crippen LogP contribution in [0.25, 0.3) is 0 Å². The first kappa shape index (κ1) is 14.0. The van der Waals surface area contributed by atoms with Crippen LogP contribution in [0.1, 0.15) is 31.7 Å². The fraction of sp³-hybridized carbons (Fsp3) is 0.571. The van der Waals surface area contributed by atoms with Crippen LogP contribution < -0.4 is 10.1 Å². The van der Waals surface area contributed by atoms with Crippen LogP contribution in [-0.4, -0.2) is 19.7 Å². The quantitative estimate of drug-likeness (QED) is 0.703. The molecule has 0 aromatic heterocycles. The van der Waals surface area contributed by atoms with Gasteiger partial charge in [0.2, 0.25) is 0 Å². The number of benzene rings is 1. The molecule has 0 bridgehead atoms. The lowest BCUT2D eigenvalue weighted by atomic mass is 10.2. The summed E-state index contributed by atoms with van der Waals surface area (Å²) in [7, 11) is 0. The predicted molar refractivity (Wildman–Crippen MR) is 69.0 cm³/mol. The summed E-state index contributed by atoms with van der Waals surface area (Å²) in [5, 5.41) is 3.28. The van der Waals surface area contributed by atoms with Gasteiger partial charge < -0.3 is 10.1 Å². The van der Waals surface area contributed by atoms with E-state index in [1.807, 2.05) is 6.92 Å². The van der Waals surface area contributed by atoms with Crippen molar-refractivity contribution in [3.8, 4) is 5.75 Å². The van der Waals surface area contributed by atoms with Gasteiger partial charge in [-0.2, -0.15) is 0 Å². The number of aryl methyl sites for hydroxylation is 1. The van der Waals surface area contributed by atoms with Gasteiger partial charge in [-0.15, -0.1) is 0 Å². The van der Waals surface area contributed by atoms with Gasteiger partial charge in [-0.05, 0) is 50.9 Å². The molecular weight excluding hydrogens is 217 g/mol. The zero-order chi connectivity index (χ0) is 12.5. The third-order valence-corrected chi connectivity index (χ3v) is 2.66. The minimum atomic E-state index is -0.238. The molecule has 0 atom stereocenters. The van der Waals surface area contributed by atoms with E-state index in [0.717, 1.165) is 31.5 Å². The number of hydrogen-bond donors (Lipinski definition) is 1. The molecule has 0 saturated heterocycles. The van der Waals surface area contributed by atoms with Gasteiger partial charge in [0.1, 0.15) is 11.6 Å². The Bertz CT molecular complexity index is 328. The van der Waals surface area contributed by atoms with E-state index in [0.29, 0.717) is 12.4 Å². The first-order valence-corrected chi connectivity index (χ1v) is 6.33. The maximum Gasteiger partial charge on any atom is 0.126 e. The molecule has 96 valence electrons. The maximum absolute atomic E-state index is 13.0. The van der Waals surface area contributed by atoms with Crippen LogP contribution in [0.15, 0.2) is 18.2 Å². The molecule has 17 heavy (non-hydrogen) atoms. The molecule has 1 rings (SSSR count). The molecule has 0 aliphatic rings. The molecule has 0 radical (unpaired) electrons. The molecule has 1 aromatic rings. The smallest absolute Gasteiger partial charge is 0.126 e. The molecular formula is C14H22FNO. The van der Waals surface area contributed by atoms with Gasteiger partial charge in [-0.1, -0.05) is 13.0 Å². The highest BCUT2D eigenvalue weighted by molar-refractivity contribution is 5.32. The van der Waals surface area contributed by atoms with E-state index in [4.69, 9.17) is 4.74 Å². The van der Waals surface area contributed by atoms with Gasteiger partial charge >= 0.3 is 0 Å². The lowest BCUT2D eigenvalue weighted by Crippen LogP contribution is -2.14. The van der Waals surface area contributed by atoms with Crippen molar-refractivity contribution in [3.05, 3.63) is 29.6 Å². The minimum absolute atomic E-state index is 0.238. The van der Waals surface area contributed by atoms with E-state index < -0.39 is 0 Å². The Morgan fingerprint density at radius 2 is 2.06 bits per heavy atom. The van der Waals surface area contributed by atoms with Crippen molar-refractivity contribution in [1.29, 1.82) is 0 Å². The fourth-order valence-electron chi connectivity index (χ4n) is 1.62. The second-order valence-electron chi connectivity index (χ2n) is 4.17. The van der Waals surface area contributed by atoms with E-state index in [1.54, 1.807) is 6.07 Å². The Morgan fingerprint density at radius 1 is 1.24 bits per heavy atom. The van der Waals surface area contributed by atoms with Gasteiger partial charge in [0, 0.05) is 6.07 Å². The molecule has 0 aliphatic carbocycles. The SMILES string of the molecule is CCNCCCCCOc1cc(F)ccc1C. The second-order valence-corrected chi connectivity index (χ2v) is 4.17. The van der Waals surface area contributed by atoms with Crippen molar-refractivity contribution < 1.29 is 9.13 Å². The Balaban J connectivity index is 2.15. The lowest BCUT2D eigenvalue weighted by Gasteiger charge is -2.09. The highest BCUT2D eigenvalue weighted by Crippen LogP contribution is 2.18. The summed E-state index contributed by atoms with van der Waals surface area (Å²) in [5.74, 6) is 0.425. The number of unbranched alkanes of at least 4 members (excludes halogenated alkanes) is 2. The molecule has 2 nitrogen and oxygen atoms in total. The normalized spacial score (nSPS) is 10.5. The Labute approximate surface area is 103 Å². The van der Waals surface area contributed by atoms with Crippen molar-refractivity contribution in [1.82, 2.24) is 5.32 Å². The first-order chi connectivity index (χ1) is 8.24. The maximum atomic E-state index is 13.0. The highest BCUT2D eigenvalue weighted by atomic mass is 19.1. The summed E-state index contributed by atoms with van der Waals surface area (Å²) in [6.45, 7) is 6.79. The largest absolute Gasteiger partial charge is 0.493 e. The van der Waals surface area contributed by atoms with Crippen molar-refractivity contribution in [2.75, 3.05) is 19.7 Å². The molecule has 0 aliphatic heterocycles. The van der Waals surface area contributed by atoms with Gasteiger partial charge in [0.05, 0.1) is 6.61 Å². The zero-order valence-electron chi connectivity index (χ0n) is 10.8. The number of nitrogens with one attached hydrogen (secondary N) is 1. The molecule has 0 spiro atoms. The molecule has 0 amide bonds.